The van der Waals surface area contributed by atoms with E-state index in [1.807, 2.05) is 0 Å². The van der Waals surface area contributed by atoms with Crippen LogP contribution in [0.2, 0.25) is 0 Å². The standard InChI is InChI=1S/C18H17F3N6/c19-18(20,21)17-11(7-24-27-17)15-9-4-2-1-3-8(9)14-10-6-23-26-13(10)5-12(22)16(14)25-15/h5-7,15,25H,1-4,22H2,(H,23,26)(H,24,27). The molecule has 0 spiro atoms. The Bertz CT molecular complexity index is 1070. The van der Waals surface area contributed by atoms with Gasteiger partial charge >= 0.3 is 6.18 Å². The number of fused-ring (bicyclic) bond motifs is 4. The lowest BCUT2D eigenvalue weighted by Crippen LogP contribution is -2.25. The number of hydrogen-bond acceptors (Lipinski definition) is 4. The zero-order valence-corrected chi connectivity index (χ0v) is 14.2. The largest absolute Gasteiger partial charge is 0.435 e. The number of halogens is 3. The topological polar surface area (TPSA) is 95.4 Å². The van der Waals surface area contributed by atoms with Gasteiger partial charge in [-0.3, -0.25) is 10.2 Å². The van der Waals surface area contributed by atoms with Gasteiger partial charge in [0.1, 0.15) is 0 Å². The van der Waals surface area contributed by atoms with Crippen LogP contribution < -0.4 is 11.1 Å². The summed E-state index contributed by atoms with van der Waals surface area (Å²) >= 11 is 0. The number of anilines is 2. The van der Waals surface area contributed by atoms with E-state index in [2.05, 4.69) is 25.7 Å². The third kappa shape index (κ3) is 2.34. The van der Waals surface area contributed by atoms with Gasteiger partial charge in [-0.1, -0.05) is 0 Å². The van der Waals surface area contributed by atoms with Crippen molar-refractivity contribution < 1.29 is 13.2 Å². The van der Waals surface area contributed by atoms with Gasteiger partial charge in [0.05, 0.1) is 29.1 Å². The monoisotopic (exact) mass is 374 g/mol. The Labute approximate surface area is 152 Å². The molecule has 0 saturated carbocycles. The fourth-order valence-electron chi connectivity index (χ4n) is 4.36. The minimum atomic E-state index is -4.52. The molecule has 1 unspecified atom stereocenters. The number of nitrogens with zero attached hydrogens (tertiary/aromatic N) is 2. The molecular formula is C18H17F3N6. The van der Waals surface area contributed by atoms with Gasteiger partial charge in [-0.2, -0.15) is 23.4 Å². The highest BCUT2D eigenvalue weighted by Crippen LogP contribution is 2.51. The van der Waals surface area contributed by atoms with Gasteiger partial charge in [0.15, 0.2) is 5.69 Å². The van der Waals surface area contributed by atoms with Crippen LogP contribution in [0.25, 0.3) is 16.5 Å². The Balaban J connectivity index is 1.76. The van der Waals surface area contributed by atoms with Crippen LogP contribution >= 0.6 is 0 Å². The normalized spacial score (nSPS) is 19.7. The van der Waals surface area contributed by atoms with Gasteiger partial charge in [-0.05, 0) is 42.9 Å². The number of nitrogens with two attached hydrogens (primary N) is 1. The molecule has 0 saturated heterocycles. The predicted octanol–water partition coefficient (Wildman–Crippen LogP) is 4.38. The number of hydrogen-bond donors (Lipinski definition) is 4. The maximum absolute atomic E-state index is 13.4. The lowest BCUT2D eigenvalue weighted by atomic mass is 9.77. The Morgan fingerprint density at radius 2 is 2.00 bits per heavy atom. The van der Waals surface area contributed by atoms with Crippen LogP contribution in [0.5, 0.6) is 0 Å². The summed E-state index contributed by atoms with van der Waals surface area (Å²) in [5, 5.41) is 17.1. The van der Waals surface area contributed by atoms with E-state index in [1.165, 1.54) is 6.20 Å². The summed E-state index contributed by atoms with van der Waals surface area (Å²) in [6, 6.07) is 1.16. The highest BCUT2D eigenvalue weighted by atomic mass is 19.4. The van der Waals surface area contributed by atoms with Crippen LogP contribution in [0, 0.1) is 0 Å². The molecule has 2 aliphatic rings. The number of H-pyrrole nitrogens is 2. The zero-order chi connectivity index (χ0) is 18.8. The van der Waals surface area contributed by atoms with E-state index >= 15 is 0 Å². The molecule has 0 radical (unpaired) electrons. The summed E-state index contributed by atoms with van der Waals surface area (Å²) in [5.74, 6) is 0. The van der Waals surface area contributed by atoms with Crippen molar-refractivity contribution in [1.29, 1.82) is 0 Å². The number of alkyl halides is 3. The number of rotatable bonds is 1. The van der Waals surface area contributed by atoms with E-state index in [1.54, 1.807) is 12.3 Å². The molecule has 27 heavy (non-hydrogen) atoms. The first-order valence-corrected chi connectivity index (χ1v) is 8.80. The van der Waals surface area contributed by atoms with Crippen molar-refractivity contribution in [3.8, 4) is 0 Å². The minimum Gasteiger partial charge on any atom is -0.397 e. The van der Waals surface area contributed by atoms with E-state index in [9.17, 15) is 13.2 Å². The third-order valence-corrected chi connectivity index (χ3v) is 5.48. The number of nitrogens with one attached hydrogen (secondary N) is 3. The van der Waals surface area contributed by atoms with Crippen molar-refractivity contribution in [2.45, 2.75) is 37.9 Å². The average Bonchev–Trinajstić information content (AvgIpc) is 3.29. The fraction of sp³-hybridized carbons (Fsp3) is 0.333. The average molecular weight is 374 g/mol. The number of allylic oxidation sites excluding steroid dienone is 1. The lowest BCUT2D eigenvalue weighted by molar-refractivity contribution is -0.141. The summed E-state index contributed by atoms with van der Waals surface area (Å²) in [6.45, 7) is 0. The number of aromatic nitrogens is 4. The van der Waals surface area contributed by atoms with Gasteiger partial charge in [0, 0.05) is 22.7 Å². The molecule has 6 nitrogen and oxygen atoms in total. The molecule has 5 rings (SSSR count). The summed E-state index contributed by atoms with van der Waals surface area (Å²) in [4.78, 5) is 0. The molecule has 1 atom stereocenters. The molecule has 1 aliphatic heterocycles. The first-order valence-electron chi connectivity index (χ1n) is 8.80. The first kappa shape index (κ1) is 16.2. The van der Waals surface area contributed by atoms with Crippen molar-refractivity contribution in [2.24, 2.45) is 0 Å². The van der Waals surface area contributed by atoms with Crippen molar-refractivity contribution in [2.75, 3.05) is 11.1 Å². The maximum Gasteiger partial charge on any atom is 0.435 e. The zero-order valence-electron chi connectivity index (χ0n) is 14.2. The second kappa shape index (κ2) is 5.51. The van der Waals surface area contributed by atoms with Gasteiger partial charge < -0.3 is 11.1 Å². The van der Waals surface area contributed by atoms with Crippen molar-refractivity contribution in [1.82, 2.24) is 20.4 Å². The van der Waals surface area contributed by atoms with Gasteiger partial charge in [0.2, 0.25) is 0 Å². The van der Waals surface area contributed by atoms with Crippen LogP contribution in [0.15, 0.2) is 24.0 Å². The summed E-state index contributed by atoms with van der Waals surface area (Å²) < 4.78 is 40.3. The Morgan fingerprint density at radius 3 is 2.81 bits per heavy atom. The summed E-state index contributed by atoms with van der Waals surface area (Å²) in [7, 11) is 0. The highest BCUT2D eigenvalue weighted by molar-refractivity contribution is 6.04. The molecule has 0 fully saturated rings. The quantitative estimate of drug-likeness (QED) is 0.475. The molecular weight excluding hydrogens is 357 g/mol. The third-order valence-electron chi connectivity index (χ3n) is 5.48. The van der Waals surface area contributed by atoms with Crippen LogP contribution in [0.1, 0.15) is 48.5 Å². The van der Waals surface area contributed by atoms with Crippen LogP contribution in [-0.2, 0) is 6.18 Å². The van der Waals surface area contributed by atoms with Crippen LogP contribution in [0.4, 0.5) is 24.5 Å². The molecule has 3 aromatic rings. The number of aromatic amines is 2. The second-order valence-electron chi connectivity index (χ2n) is 7.02. The van der Waals surface area contributed by atoms with Gasteiger partial charge in [0.25, 0.3) is 0 Å². The lowest BCUT2D eigenvalue weighted by Gasteiger charge is -2.36. The minimum absolute atomic E-state index is 0.106. The number of benzene rings is 1. The second-order valence-corrected chi connectivity index (χ2v) is 7.02. The molecule has 1 aromatic carbocycles. The Kier molecular flexibility index (Phi) is 3.31. The maximum atomic E-state index is 13.4. The van der Waals surface area contributed by atoms with E-state index in [-0.39, 0.29) is 5.56 Å². The summed E-state index contributed by atoms with van der Waals surface area (Å²) in [6.07, 6.45) is 2.05. The molecule has 2 aromatic heterocycles. The van der Waals surface area contributed by atoms with Gasteiger partial charge in [-0.15, -0.1) is 0 Å². The van der Waals surface area contributed by atoms with E-state index in [4.69, 9.17) is 5.73 Å². The smallest absolute Gasteiger partial charge is 0.397 e. The molecule has 1 aliphatic carbocycles. The van der Waals surface area contributed by atoms with Crippen molar-refractivity contribution in [3.05, 3.63) is 40.9 Å². The molecule has 5 N–H and O–H groups in total. The predicted molar refractivity (Wildman–Crippen MR) is 95.8 cm³/mol. The number of nitrogen functional groups attached to an aromatic ring is 1. The van der Waals surface area contributed by atoms with E-state index in [0.29, 0.717) is 11.4 Å². The fourth-order valence-corrected chi connectivity index (χ4v) is 4.36. The summed E-state index contributed by atoms with van der Waals surface area (Å²) in [5.41, 5.74) is 10.5. The Morgan fingerprint density at radius 1 is 1.19 bits per heavy atom. The highest BCUT2D eigenvalue weighted by Gasteiger charge is 2.41. The SMILES string of the molecule is Nc1cc2[nH]ncc2c2c1NC(c1c[nH]nc1C(F)(F)F)C1=C2CCCC1. The molecule has 0 bridgehead atoms. The van der Waals surface area contributed by atoms with Crippen LogP contribution in [-0.4, -0.2) is 20.4 Å². The molecule has 140 valence electrons. The van der Waals surface area contributed by atoms with Crippen LogP contribution in [0.3, 0.4) is 0 Å². The van der Waals surface area contributed by atoms with Gasteiger partial charge in [-0.25, -0.2) is 0 Å². The molecule has 0 amide bonds. The van der Waals surface area contributed by atoms with Crippen molar-refractivity contribution in [3.63, 3.8) is 0 Å². The van der Waals surface area contributed by atoms with E-state index < -0.39 is 17.9 Å². The van der Waals surface area contributed by atoms with E-state index in [0.717, 1.165) is 53.3 Å². The Hall–Kier alpha value is -2.97. The van der Waals surface area contributed by atoms with Crippen molar-refractivity contribution >= 4 is 27.9 Å². The molecule has 9 heteroatoms. The molecule has 3 heterocycles. The first-order chi connectivity index (χ1) is 12.9.